The van der Waals surface area contributed by atoms with Gasteiger partial charge in [0.2, 0.25) is 0 Å². The molecule has 1 aromatic carbocycles. The van der Waals surface area contributed by atoms with Gasteiger partial charge in [0.15, 0.2) is 0 Å². The van der Waals surface area contributed by atoms with Crippen molar-refractivity contribution in [3.8, 4) is 5.69 Å². The van der Waals surface area contributed by atoms with E-state index in [0.29, 0.717) is 11.5 Å². The Kier molecular flexibility index (Phi) is 3.42. The summed E-state index contributed by atoms with van der Waals surface area (Å²) in [6.07, 6.45) is 1.35. The predicted molar refractivity (Wildman–Crippen MR) is 74.8 cm³/mol. The predicted octanol–water partition coefficient (Wildman–Crippen LogP) is 3.12. The van der Waals surface area contributed by atoms with Crippen LogP contribution in [0.5, 0.6) is 0 Å². The first kappa shape index (κ1) is 13.0. The first-order chi connectivity index (χ1) is 9.06. The molecule has 4 heteroatoms. The summed E-state index contributed by atoms with van der Waals surface area (Å²) in [4.78, 5) is 16.6. The maximum Gasteiger partial charge on any atom is 0.268 e. The number of nitrogens with zero attached hydrogens (tertiary/aromatic N) is 2. The minimum absolute atomic E-state index is 0.149. The lowest BCUT2D eigenvalue weighted by Crippen LogP contribution is -2.26. The van der Waals surface area contributed by atoms with Gasteiger partial charge >= 0.3 is 0 Å². The number of rotatable bonds is 3. The van der Waals surface area contributed by atoms with Crippen LogP contribution in [0.1, 0.15) is 17.1 Å². The molecule has 1 heterocycles. The van der Waals surface area contributed by atoms with Gasteiger partial charge in [-0.15, -0.1) is 0 Å². The molecular weight excluding hydrogens is 243 g/mol. The lowest BCUT2D eigenvalue weighted by molar-refractivity contribution is 0.748. The number of para-hydroxylation sites is 1. The van der Waals surface area contributed by atoms with Gasteiger partial charge in [0.1, 0.15) is 17.2 Å². The molecule has 0 saturated carbocycles. The fourth-order valence-electron chi connectivity index (χ4n) is 1.93. The van der Waals surface area contributed by atoms with Gasteiger partial charge in [0.05, 0.1) is 11.4 Å². The number of hydrogen-bond acceptors (Lipinski definition) is 2. The molecule has 0 aliphatic rings. The van der Waals surface area contributed by atoms with Gasteiger partial charge in [-0.2, -0.15) is 0 Å². The zero-order valence-corrected chi connectivity index (χ0v) is 10.6. The Morgan fingerprint density at radius 3 is 2.53 bits per heavy atom. The fourth-order valence-corrected chi connectivity index (χ4v) is 1.93. The van der Waals surface area contributed by atoms with E-state index in [-0.39, 0.29) is 11.3 Å². The Balaban J connectivity index is 2.84. The van der Waals surface area contributed by atoms with E-state index >= 15 is 0 Å². The van der Waals surface area contributed by atoms with Crippen molar-refractivity contribution < 1.29 is 4.39 Å². The number of aromatic nitrogens is 2. The largest absolute Gasteiger partial charge is 0.268 e. The summed E-state index contributed by atoms with van der Waals surface area (Å²) in [5, 5.41) is 0. The standard InChI is InChI=1S/C15H13FN2O/c1-4-13-14(10(2)16)15(19)18(11(3)17-13)12-8-6-5-7-9-12/h4-9H,1-2H2,3H3. The molecule has 96 valence electrons. The van der Waals surface area contributed by atoms with Crippen LogP contribution < -0.4 is 5.56 Å². The summed E-state index contributed by atoms with van der Waals surface area (Å²) in [7, 11) is 0. The van der Waals surface area contributed by atoms with Crippen LogP contribution in [0.4, 0.5) is 4.39 Å². The number of aryl methyl sites for hydroxylation is 1. The highest BCUT2D eigenvalue weighted by Crippen LogP contribution is 2.16. The molecule has 0 spiro atoms. The zero-order valence-electron chi connectivity index (χ0n) is 10.6. The van der Waals surface area contributed by atoms with Gasteiger partial charge in [0, 0.05) is 0 Å². The van der Waals surface area contributed by atoms with Crippen LogP contribution in [-0.4, -0.2) is 9.55 Å². The molecule has 19 heavy (non-hydrogen) atoms. The van der Waals surface area contributed by atoms with Gasteiger partial charge in [-0.1, -0.05) is 31.4 Å². The Morgan fingerprint density at radius 2 is 2.00 bits per heavy atom. The summed E-state index contributed by atoms with van der Waals surface area (Å²) < 4.78 is 14.8. The highest BCUT2D eigenvalue weighted by molar-refractivity contribution is 5.66. The third-order valence-corrected chi connectivity index (χ3v) is 2.76. The smallest absolute Gasteiger partial charge is 0.268 e. The SMILES string of the molecule is C=Cc1nc(C)n(-c2ccccc2)c(=O)c1C(=C)F. The first-order valence-corrected chi connectivity index (χ1v) is 5.72. The summed E-state index contributed by atoms with van der Waals surface area (Å²) in [6.45, 7) is 8.42. The van der Waals surface area contributed by atoms with E-state index < -0.39 is 11.4 Å². The maximum atomic E-state index is 13.5. The van der Waals surface area contributed by atoms with Gasteiger partial charge in [-0.25, -0.2) is 9.37 Å². The van der Waals surface area contributed by atoms with E-state index in [0.717, 1.165) is 0 Å². The van der Waals surface area contributed by atoms with Crippen molar-refractivity contribution in [2.75, 3.05) is 0 Å². The average molecular weight is 256 g/mol. The molecule has 0 N–H and O–H groups in total. The molecule has 0 saturated heterocycles. The minimum atomic E-state index is -0.808. The molecular formula is C15H13FN2O. The molecule has 2 rings (SSSR count). The number of halogens is 1. The summed E-state index contributed by atoms with van der Waals surface area (Å²) >= 11 is 0. The molecule has 0 atom stereocenters. The third kappa shape index (κ3) is 2.25. The Labute approximate surface area is 110 Å². The van der Waals surface area contributed by atoms with Crippen LogP contribution in [0.2, 0.25) is 0 Å². The van der Waals surface area contributed by atoms with Crippen LogP contribution >= 0.6 is 0 Å². The third-order valence-electron chi connectivity index (χ3n) is 2.76. The summed E-state index contributed by atoms with van der Waals surface area (Å²) in [6, 6.07) is 8.95. The molecule has 0 radical (unpaired) electrons. The summed E-state index contributed by atoms with van der Waals surface area (Å²) in [5.74, 6) is -0.340. The maximum absolute atomic E-state index is 13.5. The van der Waals surface area contributed by atoms with Crippen LogP contribution in [0.25, 0.3) is 17.6 Å². The van der Waals surface area contributed by atoms with Crippen molar-refractivity contribution in [1.82, 2.24) is 9.55 Å². The number of benzene rings is 1. The summed E-state index contributed by atoms with van der Waals surface area (Å²) in [5.41, 5.74) is 0.211. The average Bonchev–Trinajstić information content (AvgIpc) is 2.38. The van der Waals surface area contributed by atoms with Gasteiger partial charge in [-0.05, 0) is 25.1 Å². The highest BCUT2D eigenvalue weighted by Gasteiger charge is 2.16. The molecule has 0 unspecified atom stereocenters. The molecule has 0 aliphatic carbocycles. The molecule has 0 fully saturated rings. The molecule has 0 amide bonds. The molecule has 1 aromatic heterocycles. The first-order valence-electron chi connectivity index (χ1n) is 5.72. The lowest BCUT2D eigenvalue weighted by atomic mass is 10.2. The van der Waals surface area contributed by atoms with E-state index in [9.17, 15) is 9.18 Å². The quantitative estimate of drug-likeness (QED) is 0.845. The topological polar surface area (TPSA) is 34.9 Å². The van der Waals surface area contributed by atoms with E-state index in [2.05, 4.69) is 18.1 Å². The van der Waals surface area contributed by atoms with Crippen molar-refractivity contribution in [1.29, 1.82) is 0 Å². The molecule has 2 aromatic rings. The zero-order chi connectivity index (χ0) is 14.0. The second-order valence-electron chi connectivity index (χ2n) is 4.00. The molecule has 0 bridgehead atoms. The van der Waals surface area contributed by atoms with E-state index in [1.165, 1.54) is 10.6 Å². The number of hydrogen-bond donors (Lipinski definition) is 0. The lowest BCUT2D eigenvalue weighted by Gasteiger charge is -2.12. The normalized spacial score (nSPS) is 10.2. The van der Waals surface area contributed by atoms with Crippen LogP contribution in [-0.2, 0) is 0 Å². The Hall–Kier alpha value is -2.49. The van der Waals surface area contributed by atoms with Gasteiger partial charge < -0.3 is 0 Å². The van der Waals surface area contributed by atoms with Crippen LogP contribution in [0.15, 0.2) is 48.3 Å². The molecule has 0 aliphatic heterocycles. The van der Waals surface area contributed by atoms with Gasteiger partial charge in [0.25, 0.3) is 5.56 Å². The van der Waals surface area contributed by atoms with Crippen LogP contribution in [0, 0.1) is 6.92 Å². The van der Waals surface area contributed by atoms with E-state index in [4.69, 9.17) is 0 Å². The monoisotopic (exact) mass is 256 g/mol. The van der Waals surface area contributed by atoms with Crippen molar-refractivity contribution in [2.24, 2.45) is 0 Å². The fraction of sp³-hybridized carbons (Fsp3) is 0.0667. The van der Waals surface area contributed by atoms with E-state index in [1.807, 2.05) is 6.07 Å². The van der Waals surface area contributed by atoms with Crippen molar-refractivity contribution >= 4 is 11.9 Å². The minimum Gasteiger partial charge on any atom is -0.268 e. The van der Waals surface area contributed by atoms with Crippen LogP contribution in [0.3, 0.4) is 0 Å². The van der Waals surface area contributed by atoms with Crippen molar-refractivity contribution in [3.63, 3.8) is 0 Å². The Bertz CT molecular complexity index is 702. The van der Waals surface area contributed by atoms with Crippen molar-refractivity contribution in [2.45, 2.75) is 6.92 Å². The second kappa shape index (κ2) is 5.02. The highest BCUT2D eigenvalue weighted by atomic mass is 19.1. The molecule has 3 nitrogen and oxygen atoms in total. The second-order valence-corrected chi connectivity index (χ2v) is 4.00. The Morgan fingerprint density at radius 1 is 1.37 bits per heavy atom. The van der Waals surface area contributed by atoms with Crippen molar-refractivity contribution in [3.05, 3.63) is 70.9 Å². The van der Waals surface area contributed by atoms with E-state index in [1.54, 1.807) is 31.2 Å². The van der Waals surface area contributed by atoms with Gasteiger partial charge in [-0.3, -0.25) is 9.36 Å².